The molecule has 3 heterocycles. The molecule has 0 saturated carbocycles. The third kappa shape index (κ3) is 5.84. The van der Waals surface area contributed by atoms with Crippen LogP contribution in [0.2, 0.25) is 0 Å². The zero-order chi connectivity index (χ0) is 34.3. The predicted molar refractivity (Wildman–Crippen MR) is 184 cm³/mol. The van der Waals surface area contributed by atoms with Crippen LogP contribution in [-0.4, -0.2) is 75.6 Å². The molecule has 3 aliphatic rings. The van der Waals surface area contributed by atoms with Gasteiger partial charge in [-0.25, -0.2) is 0 Å². The minimum absolute atomic E-state index is 0.107. The number of aryl methyl sites for hydroxylation is 2. The van der Waals surface area contributed by atoms with E-state index in [1.165, 1.54) is 0 Å². The molecule has 0 aromatic heterocycles. The molecule has 8 heteroatoms. The fraction of sp³-hybridized carbons (Fsp3) is 0.513. The number of rotatable bonds is 13. The van der Waals surface area contributed by atoms with Gasteiger partial charge in [-0.3, -0.25) is 14.4 Å². The Morgan fingerprint density at radius 2 is 1.77 bits per heavy atom. The van der Waals surface area contributed by atoms with Crippen molar-refractivity contribution < 1.29 is 24.2 Å². The molecule has 0 radical (unpaired) electrons. The average molecular weight is 642 g/mol. The Bertz CT molecular complexity index is 1520. The number of anilines is 1. The van der Waals surface area contributed by atoms with Crippen molar-refractivity contribution in [2.24, 2.45) is 23.7 Å². The first kappa shape index (κ1) is 34.6. The molecule has 3 fully saturated rings. The predicted octanol–water partition coefficient (Wildman–Crippen LogP) is 5.45. The summed E-state index contributed by atoms with van der Waals surface area (Å²) in [5.41, 5.74) is 1.43. The van der Waals surface area contributed by atoms with Crippen molar-refractivity contribution in [2.45, 2.75) is 84.2 Å². The number of hydrogen-bond acceptors (Lipinski definition) is 5. The van der Waals surface area contributed by atoms with Gasteiger partial charge in [0.15, 0.2) is 0 Å². The summed E-state index contributed by atoms with van der Waals surface area (Å²) in [5.74, 6) is -2.41. The van der Waals surface area contributed by atoms with Crippen LogP contribution in [0.1, 0.15) is 57.2 Å². The van der Waals surface area contributed by atoms with Crippen molar-refractivity contribution in [2.75, 3.05) is 24.6 Å². The van der Waals surface area contributed by atoms with E-state index in [0.717, 1.165) is 22.4 Å². The van der Waals surface area contributed by atoms with Gasteiger partial charge in [-0.2, -0.15) is 0 Å². The van der Waals surface area contributed by atoms with Gasteiger partial charge in [-0.05, 0) is 68.2 Å². The standard InChI is InChI=1S/C39H51N3O5/c1-9-18-40(23-29-14-12-11-13-15-29)35(44)32-33-36(45)42(30(24-43)20-25(3)4)34(39(33)22-28(7)38(32,8)47-39)37(46)41(19-10-2)31-21-26(5)16-17-27(31)6/h9-17,21,25,28,30,32-34,43H,1-2,18-20,22-24H2,3-8H3/t28?,30-,32+,33+,34?,38-,39?/m1/s1. The molecule has 2 aromatic rings. The van der Waals surface area contributed by atoms with Crippen molar-refractivity contribution >= 4 is 23.4 Å². The lowest BCUT2D eigenvalue weighted by Gasteiger charge is -2.40. The third-order valence-electron chi connectivity index (χ3n) is 10.7. The minimum Gasteiger partial charge on any atom is -0.394 e. The number of fused-ring (bicyclic) bond motifs is 1. The van der Waals surface area contributed by atoms with Gasteiger partial charge in [0, 0.05) is 25.3 Å². The van der Waals surface area contributed by atoms with Crippen LogP contribution in [0.4, 0.5) is 5.69 Å². The summed E-state index contributed by atoms with van der Waals surface area (Å²) >= 11 is 0. The van der Waals surface area contributed by atoms with Crippen molar-refractivity contribution in [3.8, 4) is 0 Å². The minimum atomic E-state index is -1.24. The summed E-state index contributed by atoms with van der Waals surface area (Å²) in [6.45, 7) is 20.5. The van der Waals surface area contributed by atoms with E-state index < -0.39 is 35.1 Å². The largest absolute Gasteiger partial charge is 0.394 e. The van der Waals surface area contributed by atoms with Gasteiger partial charge in [0.2, 0.25) is 11.8 Å². The highest BCUT2D eigenvalue weighted by Crippen LogP contribution is 2.66. The number of nitrogens with zero attached hydrogens (tertiary/aromatic N) is 3. The van der Waals surface area contributed by atoms with Crippen molar-refractivity contribution in [3.05, 3.63) is 90.5 Å². The molecule has 3 saturated heterocycles. The third-order valence-corrected chi connectivity index (χ3v) is 10.7. The van der Waals surface area contributed by atoms with Crippen molar-refractivity contribution in [1.29, 1.82) is 0 Å². The normalized spacial score (nSPS) is 28.3. The maximum Gasteiger partial charge on any atom is 0.253 e. The monoisotopic (exact) mass is 641 g/mol. The second-order valence-corrected chi connectivity index (χ2v) is 14.4. The lowest BCUT2D eigenvalue weighted by molar-refractivity contribution is -0.154. The number of amides is 3. The van der Waals surface area contributed by atoms with Crippen LogP contribution in [0.25, 0.3) is 0 Å². The fourth-order valence-corrected chi connectivity index (χ4v) is 8.53. The first-order chi connectivity index (χ1) is 22.3. The van der Waals surface area contributed by atoms with Crippen molar-refractivity contribution in [3.63, 3.8) is 0 Å². The van der Waals surface area contributed by atoms with Crippen LogP contribution in [0, 0.1) is 37.5 Å². The molecule has 5 rings (SSSR count). The number of aliphatic hydroxyl groups excluding tert-OH is 1. The smallest absolute Gasteiger partial charge is 0.253 e. The van der Waals surface area contributed by atoms with Gasteiger partial charge in [0.05, 0.1) is 30.1 Å². The number of benzene rings is 2. The molecule has 1 spiro atoms. The Balaban J connectivity index is 1.65. The number of carbonyl (C=O) groups is 3. The zero-order valence-electron chi connectivity index (χ0n) is 28.8. The summed E-state index contributed by atoms with van der Waals surface area (Å²) in [4.78, 5) is 49.9. The number of likely N-dealkylation sites (tertiary alicyclic amines) is 1. The molecule has 7 atom stereocenters. The Morgan fingerprint density at radius 1 is 1.09 bits per heavy atom. The molecule has 47 heavy (non-hydrogen) atoms. The lowest BCUT2D eigenvalue weighted by Crippen LogP contribution is -2.59. The first-order valence-electron chi connectivity index (χ1n) is 16.9. The second kappa shape index (κ2) is 13.4. The Kier molecular flexibility index (Phi) is 9.86. The summed E-state index contributed by atoms with van der Waals surface area (Å²) in [5, 5.41) is 10.8. The SMILES string of the molecule is C=CCN(Cc1ccccc1)C(=O)[C@@H]1[C@H]2C(=O)N([C@@H](CO)CC(C)C)C(C(=O)N(CC=C)c3cc(C)ccc3C)C23CC(C)[C@@]1(C)O3. The van der Waals surface area contributed by atoms with Crippen LogP contribution in [0.3, 0.4) is 0 Å². The van der Waals surface area contributed by atoms with Gasteiger partial charge in [-0.15, -0.1) is 13.2 Å². The summed E-state index contributed by atoms with van der Waals surface area (Å²) in [7, 11) is 0. The van der Waals surface area contributed by atoms with Crippen LogP contribution in [0.5, 0.6) is 0 Å². The maximum absolute atomic E-state index is 15.2. The molecule has 3 aliphatic heterocycles. The molecular weight excluding hydrogens is 590 g/mol. The van der Waals surface area contributed by atoms with E-state index in [1.54, 1.807) is 26.9 Å². The van der Waals surface area contributed by atoms with Crippen LogP contribution in [-0.2, 0) is 25.7 Å². The molecule has 8 nitrogen and oxygen atoms in total. The first-order valence-corrected chi connectivity index (χ1v) is 16.9. The van der Waals surface area contributed by atoms with E-state index in [2.05, 4.69) is 20.1 Å². The second-order valence-electron chi connectivity index (χ2n) is 14.4. The van der Waals surface area contributed by atoms with Crippen LogP contribution < -0.4 is 4.90 Å². The van der Waals surface area contributed by atoms with Gasteiger partial charge < -0.3 is 24.5 Å². The van der Waals surface area contributed by atoms with Gasteiger partial charge in [0.1, 0.15) is 11.6 Å². The Labute approximate surface area is 280 Å². The van der Waals surface area contributed by atoms with Crippen molar-refractivity contribution in [1.82, 2.24) is 9.80 Å². The number of ether oxygens (including phenoxy) is 1. The number of hydrogen-bond donors (Lipinski definition) is 1. The van der Waals surface area contributed by atoms with E-state index in [9.17, 15) is 14.7 Å². The molecule has 2 bridgehead atoms. The molecule has 2 aromatic carbocycles. The quantitative estimate of drug-likeness (QED) is 0.294. The summed E-state index contributed by atoms with van der Waals surface area (Å²) < 4.78 is 7.06. The molecule has 3 amide bonds. The maximum atomic E-state index is 15.2. The summed E-state index contributed by atoms with van der Waals surface area (Å²) in [6.07, 6.45) is 4.34. The summed E-state index contributed by atoms with van der Waals surface area (Å²) in [6, 6.07) is 14.1. The van der Waals surface area contributed by atoms with Gasteiger partial charge in [-0.1, -0.05) is 75.4 Å². The molecule has 1 N–H and O–H groups in total. The highest BCUT2D eigenvalue weighted by molar-refractivity contribution is 6.05. The number of carbonyl (C=O) groups excluding carboxylic acids is 3. The fourth-order valence-electron chi connectivity index (χ4n) is 8.53. The molecule has 0 aliphatic carbocycles. The molecule has 252 valence electrons. The van der Waals surface area contributed by atoms with E-state index in [0.29, 0.717) is 25.9 Å². The van der Waals surface area contributed by atoms with E-state index in [1.807, 2.05) is 83.1 Å². The van der Waals surface area contributed by atoms with Crippen LogP contribution in [0.15, 0.2) is 73.8 Å². The van der Waals surface area contributed by atoms with E-state index in [-0.39, 0.29) is 42.7 Å². The Morgan fingerprint density at radius 3 is 2.38 bits per heavy atom. The zero-order valence-corrected chi connectivity index (χ0v) is 28.8. The molecule has 3 unspecified atom stereocenters. The average Bonchev–Trinajstić information content (AvgIpc) is 3.55. The van der Waals surface area contributed by atoms with Gasteiger partial charge in [0.25, 0.3) is 5.91 Å². The van der Waals surface area contributed by atoms with Gasteiger partial charge >= 0.3 is 0 Å². The highest BCUT2D eigenvalue weighted by atomic mass is 16.5. The lowest BCUT2D eigenvalue weighted by atomic mass is 9.62. The number of aliphatic hydroxyl groups is 1. The highest BCUT2D eigenvalue weighted by Gasteiger charge is 2.80. The topological polar surface area (TPSA) is 90.4 Å². The van der Waals surface area contributed by atoms with E-state index >= 15 is 4.79 Å². The molecular formula is C39H51N3O5. The Hall–Kier alpha value is -3.75. The van der Waals surface area contributed by atoms with E-state index in [4.69, 9.17) is 4.74 Å². The van der Waals surface area contributed by atoms with Crippen LogP contribution >= 0.6 is 0 Å².